The average Bonchev–Trinajstić information content (AvgIpc) is 3.18. The maximum Gasteiger partial charge on any atom is 0.327 e. The number of rotatable bonds is 2. The molecule has 4 heterocycles. The van der Waals surface area contributed by atoms with E-state index in [9.17, 15) is 9.59 Å². The summed E-state index contributed by atoms with van der Waals surface area (Å²) in [6.07, 6.45) is 5.43. The quantitative estimate of drug-likeness (QED) is 0.756. The number of aromatic amines is 1. The van der Waals surface area contributed by atoms with E-state index in [1.807, 2.05) is 13.0 Å². The van der Waals surface area contributed by atoms with E-state index in [2.05, 4.69) is 19.9 Å². The lowest BCUT2D eigenvalue weighted by molar-refractivity contribution is 0.0781. The van der Waals surface area contributed by atoms with Crippen molar-refractivity contribution in [3.8, 4) is 0 Å². The highest BCUT2D eigenvalue weighted by Crippen LogP contribution is 2.24. The predicted octanol–water partition coefficient (Wildman–Crippen LogP) is 0.910. The minimum absolute atomic E-state index is 0.0940. The molecule has 0 spiro atoms. The molecule has 1 fully saturated rings. The van der Waals surface area contributed by atoms with Crippen molar-refractivity contribution in [3.63, 3.8) is 0 Å². The van der Waals surface area contributed by atoms with Crippen LogP contribution in [-0.4, -0.2) is 48.4 Å². The van der Waals surface area contributed by atoms with Crippen LogP contribution in [0.4, 0.5) is 0 Å². The molecule has 1 N–H and O–H groups in total. The van der Waals surface area contributed by atoms with Crippen molar-refractivity contribution in [1.82, 2.24) is 29.4 Å². The second-order valence-corrected chi connectivity index (χ2v) is 5.91. The normalized spacial score (nSPS) is 17.5. The van der Waals surface area contributed by atoms with Crippen LogP contribution in [0.25, 0.3) is 11.2 Å². The average molecular weight is 324 g/mol. The van der Waals surface area contributed by atoms with Crippen molar-refractivity contribution in [2.45, 2.75) is 19.4 Å². The maximum absolute atomic E-state index is 12.5. The second kappa shape index (κ2) is 5.55. The lowest BCUT2D eigenvalue weighted by Gasteiger charge is -2.16. The Balaban J connectivity index is 1.60. The van der Waals surface area contributed by atoms with E-state index in [1.165, 1.54) is 6.20 Å². The number of fused-ring (bicyclic) bond motifs is 1. The zero-order chi connectivity index (χ0) is 16.7. The number of nitrogens with zero attached hydrogens (tertiary/aromatic N) is 5. The molecule has 1 aliphatic heterocycles. The zero-order valence-corrected chi connectivity index (χ0v) is 13.1. The van der Waals surface area contributed by atoms with Crippen LogP contribution < -0.4 is 5.69 Å². The first-order valence-corrected chi connectivity index (χ1v) is 7.76. The van der Waals surface area contributed by atoms with E-state index in [0.29, 0.717) is 36.4 Å². The van der Waals surface area contributed by atoms with E-state index >= 15 is 0 Å². The van der Waals surface area contributed by atoms with Crippen LogP contribution in [0.2, 0.25) is 0 Å². The number of imidazole rings is 1. The Morgan fingerprint density at radius 3 is 2.96 bits per heavy atom. The number of aromatic nitrogens is 5. The van der Waals surface area contributed by atoms with E-state index in [4.69, 9.17) is 0 Å². The molecule has 0 saturated carbocycles. The van der Waals surface area contributed by atoms with Gasteiger partial charge in [-0.05, 0) is 25.5 Å². The monoisotopic (exact) mass is 324 g/mol. The first-order valence-electron chi connectivity index (χ1n) is 7.76. The third-order valence-corrected chi connectivity index (χ3v) is 4.29. The summed E-state index contributed by atoms with van der Waals surface area (Å²) in [6, 6.07) is 3.51. The molecular formula is C16H16N6O2. The number of hydrogen-bond donors (Lipinski definition) is 1. The Labute approximate surface area is 137 Å². The fourth-order valence-corrected chi connectivity index (χ4v) is 3.10. The largest absolute Gasteiger partial charge is 0.335 e. The lowest BCUT2D eigenvalue weighted by Crippen LogP contribution is -2.31. The molecule has 8 heteroatoms. The first kappa shape index (κ1) is 14.6. The van der Waals surface area contributed by atoms with Crippen LogP contribution in [0, 0.1) is 6.92 Å². The molecule has 122 valence electrons. The summed E-state index contributed by atoms with van der Waals surface area (Å²) < 4.78 is 1.64. The molecule has 8 nitrogen and oxygen atoms in total. The van der Waals surface area contributed by atoms with Crippen molar-refractivity contribution < 1.29 is 4.79 Å². The molecule has 24 heavy (non-hydrogen) atoms. The third-order valence-electron chi connectivity index (χ3n) is 4.29. The van der Waals surface area contributed by atoms with Gasteiger partial charge in [0.15, 0.2) is 5.65 Å². The van der Waals surface area contributed by atoms with Gasteiger partial charge in [-0.2, -0.15) is 0 Å². The topological polar surface area (TPSA) is 96.8 Å². The molecule has 0 aliphatic carbocycles. The Hall–Kier alpha value is -3.03. The zero-order valence-electron chi connectivity index (χ0n) is 13.1. The van der Waals surface area contributed by atoms with Crippen LogP contribution in [0.15, 0.2) is 35.5 Å². The van der Waals surface area contributed by atoms with Crippen molar-refractivity contribution in [2.75, 3.05) is 13.1 Å². The van der Waals surface area contributed by atoms with Gasteiger partial charge in [0.2, 0.25) is 0 Å². The minimum Gasteiger partial charge on any atom is -0.335 e. The number of likely N-dealkylation sites (tertiary alicyclic amines) is 1. The van der Waals surface area contributed by atoms with Crippen LogP contribution in [0.5, 0.6) is 0 Å². The van der Waals surface area contributed by atoms with E-state index in [0.717, 1.165) is 5.69 Å². The van der Waals surface area contributed by atoms with Gasteiger partial charge in [0.05, 0.1) is 23.4 Å². The van der Waals surface area contributed by atoms with Gasteiger partial charge in [-0.25, -0.2) is 14.8 Å². The summed E-state index contributed by atoms with van der Waals surface area (Å²) in [7, 11) is 0. The molecule has 0 bridgehead atoms. The fraction of sp³-hybridized carbons (Fsp3) is 0.312. The van der Waals surface area contributed by atoms with Gasteiger partial charge in [0, 0.05) is 25.5 Å². The van der Waals surface area contributed by atoms with Crippen LogP contribution >= 0.6 is 0 Å². The molecule has 1 aliphatic rings. The number of carbonyl (C=O) groups excluding carboxylic acids is 1. The van der Waals surface area contributed by atoms with Crippen LogP contribution in [0.1, 0.15) is 28.6 Å². The fourth-order valence-electron chi connectivity index (χ4n) is 3.10. The van der Waals surface area contributed by atoms with Crippen molar-refractivity contribution in [1.29, 1.82) is 0 Å². The maximum atomic E-state index is 12.5. The molecule has 4 rings (SSSR count). The van der Waals surface area contributed by atoms with Crippen LogP contribution in [-0.2, 0) is 0 Å². The summed E-state index contributed by atoms with van der Waals surface area (Å²) in [5, 5.41) is 0. The summed E-state index contributed by atoms with van der Waals surface area (Å²) in [6.45, 7) is 2.85. The van der Waals surface area contributed by atoms with Gasteiger partial charge >= 0.3 is 5.69 Å². The first-order chi connectivity index (χ1) is 11.6. The number of amides is 1. The number of carbonyl (C=O) groups is 1. The number of pyridine rings is 1. The van der Waals surface area contributed by atoms with Crippen molar-refractivity contribution in [2.24, 2.45) is 0 Å². The molecular weight excluding hydrogens is 308 g/mol. The van der Waals surface area contributed by atoms with Gasteiger partial charge < -0.3 is 9.88 Å². The predicted molar refractivity (Wildman–Crippen MR) is 86.7 cm³/mol. The standard InChI is InChI=1S/C16H16N6O2/c1-10-7-19-13(8-18-10)15(23)21-6-4-11(9-21)22-14-12(20-16(22)24)3-2-5-17-14/h2-3,5,7-8,11H,4,6,9H2,1H3,(H,20,24)/t11-/m1/s1. The summed E-state index contributed by atoms with van der Waals surface area (Å²) in [4.78, 5) is 41.8. The molecule has 3 aromatic heterocycles. The molecule has 1 saturated heterocycles. The molecule has 1 atom stereocenters. The van der Waals surface area contributed by atoms with Gasteiger partial charge in [-0.3, -0.25) is 14.3 Å². The Kier molecular flexibility index (Phi) is 3.37. The van der Waals surface area contributed by atoms with E-state index in [-0.39, 0.29) is 17.6 Å². The molecule has 0 radical (unpaired) electrons. The van der Waals surface area contributed by atoms with Gasteiger partial charge in [0.25, 0.3) is 5.91 Å². The molecule has 0 unspecified atom stereocenters. The lowest BCUT2D eigenvalue weighted by atomic mass is 10.2. The number of H-pyrrole nitrogens is 1. The number of aryl methyl sites for hydroxylation is 1. The number of nitrogens with one attached hydrogen (secondary N) is 1. The molecule has 3 aromatic rings. The van der Waals surface area contributed by atoms with Crippen molar-refractivity contribution in [3.05, 3.63) is 52.6 Å². The minimum atomic E-state index is -0.196. The van der Waals surface area contributed by atoms with Crippen molar-refractivity contribution >= 4 is 17.1 Å². The second-order valence-electron chi connectivity index (χ2n) is 5.91. The highest BCUT2D eigenvalue weighted by molar-refractivity contribution is 5.92. The summed E-state index contributed by atoms with van der Waals surface area (Å²) >= 11 is 0. The van der Waals surface area contributed by atoms with Crippen LogP contribution in [0.3, 0.4) is 0 Å². The Morgan fingerprint density at radius 2 is 2.17 bits per heavy atom. The van der Waals surface area contributed by atoms with E-state index < -0.39 is 0 Å². The SMILES string of the molecule is Cc1cnc(C(=O)N2CC[C@@H](n3c(=O)[nH]c4cccnc43)C2)cn1. The summed E-state index contributed by atoms with van der Waals surface area (Å²) in [5.74, 6) is -0.161. The van der Waals surface area contributed by atoms with Gasteiger partial charge in [0.1, 0.15) is 5.69 Å². The molecule has 0 aromatic carbocycles. The van der Waals surface area contributed by atoms with E-state index in [1.54, 1.807) is 27.9 Å². The smallest absolute Gasteiger partial charge is 0.327 e. The Bertz CT molecular complexity index is 959. The highest BCUT2D eigenvalue weighted by Gasteiger charge is 2.30. The van der Waals surface area contributed by atoms with Gasteiger partial charge in [-0.15, -0.1) is 0 Å². The highest BCUT2D eigenvalue weighted by atomic mass is 16.2. The van der Waals surface area contributed by atoms with Gasteiger partial charge in [-0.1, -0.05) is 0 Å². The third kappa shape index (κ3) is 2.36. The number of hydrogen-bond acceptors (Lipinski definition) is 5. The Morgan fingerprint density at radius 1 is 1.29 bits per heavy atom. The summed E-state index contributed by atoms with van der Waals surface area (Å²) in [5.41, 5.74) is 2.22. The molecule has 1 amide bonds.